The molecule has 0 radical (unpaired) electrons. The minimum atomic E-state index is -0.444. The van der Waals surface area contributed by atoms with Crippen molar-refractivity contribution in [2.75, 3.05) is 5.75 Å². The third-order valence-electron chi connectivity index (χ3n) is 1.15. The monoisotopic (exact) mass is 215 g/mol. The first-order valence-corrected chi connectivity index (χ1v) is 5.18. The Morgan fingerprint density at radius 3 is 2.50 bits per heavy atom. The number of carbonyl (C=O) groups excluding carboxylic acids is 3. The lowest BCUT2D eigenvalue weighted by Crippen LogP contribution is -2.29. The molecule has 0 bridgehead atoms. The molecule has 0 aliphatic rings. The number of thioether (sulfide) groups is 1. The van der Waals surface area contributed by atoms with Gasteiger partial charge in [0, 0.05) is 6.92 Å². The van der Waals surface area contributed by atoms with Crippen molar-refractivity contribution < 1.29 is 14.4 Å². The van der Waals surface area contributed by atoms with E-state index in [-0.39, 0.29) is 10.9 Å². The van der Waals surface area contributed by atoms with E-state index < -0.39 is 11.8 Å². The molecule has 0 rings (SSSR count). The summed E-state index contributed by atoms with van der Waals surface area (Å²) >= 11 is 0.876. The van der Waals surface area contributed by atoms with Crippen LogP contribution in [0.1, 0.15) is 20.3 Å². The lowest BCUT2D eigenvalue weighted by Gasteiger charge is -1.97. The van der Waals surface area contributed by atoms with Crippen molar-refractivity contribution in [2.24, 2.45) is 0 Å². The van der Waals surface area contributed by atoms with E-state index in [4.69, 9.17) is 0 Å². The van der Waals surface area contributed by atoms with Gasteiger partial charge in [0.15, 0.2) is 0 Å². The van der Waals surface area contributed by atoms with Crippen LogP contribution in [-0.2, 0) is 14.4 Å². The zero-order valence-electron chi connectivity index (χ0n) is 8.20. The number of carbonyl (C=O) groups is 3. The van der Waals surface area contributed by atoms with Crippen molar-refractivity contribution in [2.45, 2.75) is 20.3 Å². The SMILES string of the molecule is CCC=CC(=O)SCC(=O)NC(C)=O. The molecular formula is C9H13NO3S. The summed E-state index contributed by atoms with van der Waals surface area (Å²) in [5.41, 5.74) is 0. The maximum Gasteiger partial charge on any atom is 0.237 e. The van der Waals surface area contributed by atoms with E-state index >= 15 is 0 Å². The summed E-state index contributed by atoms with van der Waals surface area (Å²) in [6.07, 6.45) is 3.93. The minimum Gasteiger partial charge on any atom is -0.296 e. The highest BCUT2D eigenvalue weighted by molar-refractivity contribution is 8.14. The highest BCUT2D eigenvalue weighted by Crippen LogP contribution is 2.02. The maximum atomic E-state index is 11.0. The summed E-state index contributed by atoms with van der Waals surface area (Å²) in [6.45, 7) is 3.16. The first-order chi connectivity index (χ1) is 6.56. The largest absolute Gasteiger partial charge is 0.296 e. The molecular weight excluding hydrogens is 202 g/mol. The average Bonchev–Trinajstić information content (AvgIpc) is 2.10. The van der Waals surface area contributed by atoms with Gasteiger partial charge in [-0.05, 0) is 12.5 Å². The molecule has 0 saturated carbocycles. The first kappa shape index (κ1) is 12.9. The molecule has 0 aromatic carbocycles. The molecule has 0 saturated heterocycles. The van der Waals surface area contributed by atoms with E-state index in [1.54, 1.807) is 6.08 Å². The Morgan fingerprint density at radius 1 is 1.36 bits per heavy atom. The lowest BCUT2D eigenvalue weighted by atomic mass is 10.4. The second-order valence-corrected chi connectivity index (χ2v) is 3.50. The predicted molar refractivity (Wildman–Crippen MR) is 55.7 cm³/mol. The minimum absolute atomic E-state index is 0.0214. The molecule has 0 spiro atoms. The van der Waals surface area contributed by atoms with Crippen LogP contribution < -0.4 is 5.32 Å². The number of hydrogen-bond donors (Lipinski definition) is 1. The molecule has 1 N–H and O–H groups in total. The van der Waals surface area contributed by atoms with Gasteiger partial charge in [-0.25, -0.2) is 0 Å². The molecule has 0 aromatic heterocycles. The summed E-state index contributed by atoms with van der Waals surface area (Å²) in [6, 6.07) is 0. The maximum absolute atomic E-state index is 11.0. The number of amides is 2. The molecule has 2 amide bonds. The summed E-state index contributed by atoms with van der Waals surface area (Å²) < 4.78 is 0. The van der Waals surface area contributed by atoms with Crippen LogP contribution in [0.2, 0.25) is 0 Å². The molecule has 0 aliphatic heterocycles. The molecule has 0 atom stereocenters. The van der Waals surface area contributed by atoms with Gasteiger partial charge in [0.2, 0.25) is 16.9 Å². The fraction of sp³-hybridized carbons (Fsp3) is 0.444. The van der Waals surface area contributed by atoms with Gasteiger partial charge in [-0.1, -0.05) is 24.8 Å². The van der Waals surface area contributed by atoms with Crippen molar-refractivity contribution in [3.63, 3.8) is 0 Å². The van der Waals surface area contributed by atoms with E-state index in [1.807, 2.05) is 6.92 Å². The van der Waals surface area contributed by atoms with Gasteiger partial charge in [-0.2, -0.15) is 0 Å². The van der Waals surface area contributed by atoms with E-state index in [0.29, 0.717) is 0 Å². The Labute approximate surface area is 87.1 Å². The molecule has 4 nitrogen and oxygen atoms in total. The van der Waals surface area contributed by atoms with Crippen LogP contribution in [0, 0.1) is 0 Å². The Kier molecular flexibility index (Phi) is 6.74. The second-order valence-electron chi connectivity index (χ2n) is 2.52. The van der Waals surface area contributed by atoms with Crippen LogP contribution in [0.15, 0.2) is 12.2 Å². The molecule has 14 heavy (non-hydrogen) atoms. The van der Waals surface area contributed by atoms with Gasteiger partial charge in [0.25, 0.3) is 0 Å². The standard InChI is InChI=1S/C9H13NO3S/c1-3-4-5-9(13)14-6-8(12)10-7(2)11/h4-5H,3,6H2,1-2H3,(H,10,11,12). The Morgan fingerprint density at radius 2 is 2.00 bits per heavy atom. The van der Waals surface area contributed by atoms with E-state index in [2.05, 4.69) is 5.32 Å². The fourth-order valence-electron chi connectivity index (χ4n) is 0.631. The van der Waals surface area contributed by atoms with Crippen molar-refractivity contribution in [1.82, 2.24) is 5.32 Å². The Hall–Kier alpha value is -1.10. The van der Waals surface area contributed by atoms with Crippen molar-refractivity contribution >= 4 is 28.7 Å². The fourth-order valence-corrected chi connectivity index (χ4v) is 1.17. The van der Waals surface area contributed by atoms with Gasteiger partial charge in [0.05, 0.1) is 5.75 Å². The number of allylic oxidation sites excluding steroid dienone is 1. The smallest absolute Gasteiger partial charge is 0.237 e. The van der Waals surface area contributed by atoms with Crippen LogP contribution in [0.25, 0.3) is 0 Å². The topological polar surface area (TPSA) is 63.2 Å². The van der Waals surface area contributed by atoms with Crippen LogP contribution in [0.3, 0.4) is 0 Å². The zero-order chi connectivity index (χ0) is 11.0. The van der Waals surface area contributed by atoms with E-state index in [0.717, 1.165) is 18.2 Å². The van der Waals surface area contributed by atoms with Crippen LogP contribution in [0.5, 0.6) is 0 Å². The van der Waals surface area contributed by atoms with Gasteiger partial charge in [0.1, 0.15) is 0 Å². The molecule has 0 fully saturated rings. The molecule has 0 aromatic rings. The number of nitrogens with one attached hydrogen (secondary N) is 1. The van der Waals surface area contributed by atoms with Crippen molar-refractivity contribution in [3.05, 3.63) is 12.2 Å². The molecule has 0 aliphatic carbocycles. The van der Waals surface area contributed by atoms with Crippen molar-refractivity contribution in [1.29, 1.82) is 0 Å². The number of rotatable bonds is 4. The molecule has 0 heterocycles. The third kappa shape index (κ3) is 7.54. The third-order valence-corrected chi connectivity index (χ3v) is 1.98. The van der Waals surface area contributed by atoms with Gasteiger partial charge >= 0.3 is 0 Å². The Balaban J connectivity index is 3.72. The van der Waals surface area contributed by atoms with Crippen molar-refractivity contribution in [3.8, 4) is 0 Å². The van der Waals surface area contributed by atoms with Crippen LogP contribution in [-0.4, -0.2) is 22.7 Å². The summed E-state index contributed by atoms with van der Waals surface area (Å²) in [5, 5.41) is 1.90. The quantitative estimate of drug-likeness (QED) is 0.707. The normalized spacial score (nSPS) is 10.1. The van der Waals surface area contributed by atoms with Gasteiger partial charge in [-0.15, -0.1) is 0 Å². The first-order valence-electron chi connectivity index (χ1n) is 4.20. The second kappa shape index (κ2) is 7.32. The van der Waals surface area contributed by atoms with Crippen LogP contribution in [0.4, 0.5) is 0 Å². The lowest BCUT2D eigenvalue weighted by molar-refractivity contribution is -0.127. The summed E-state index contributed by atoms with van der Waals surface area (Å²) in [7, 11) is 0. The number of imide groups is 1. The van der Waals surface area contributed by atoms with Crippen LogP contribution >= 0.6 is 11.8 Å². The Bertz CT molecular complexity index is 261. The predicted octanol–water partition coefficient (Wildman–Crippen LogP) is 0.875. The van der Waals surface area contributed by atoms with E-state index in [1.165, 1.54) is 13.0 Å². The summed E-state index contributed by atoms with van der Waals surface area (Å²) in [4.78, 5) is 32.3. The van der Waals surface area contributed by atoms with E-state index in [9.17, 15) is 14.4 Å². The zero-order valence-corrected chi connectivity index (χ0v) is 9.02. The number of hydrogen-bond acceptors (Lipinski definition) is 4. The molecule has 0 unspecified atom stereocenters. The average molecular weight is 215 g/mol. The molecule has 78 valence electrons. The van der Waals surface area contributed by atoms with Gasteiger partial charge in [-0.3, -0.25) is 19.7 Å². The van der Waals surface area contributed by atoms with Gasteiger partial charge < -0.3 is 0 Å². The summed E-state index contributed by atoms with van der Waals surface area (Å²) in [5.74, 6) is -0.875. The highest BCUT2D eigenvalue weighted by Gasteiger charge is 2.05. The highest BCUT2D eigenvalue weighted by atomic mass is 32.2. The molecule has 5 heteroatoms.